The molecule has 1 aromatic heterocycles. The second-order valence-electron chi connectivity index (χ2n) is 6.49. The number of nitrogens with zero attached hydrogens (tertiary/aromatic N) is 2. The Balaban J connectivity index is 1.79. The Hall–Kier alpha value is -2.03. The minimum absolute atomic E-state index is 0.284. The van der Waals surface area contributed by atoms with Gasteiger partial charge in [0.15, 0.2) is 0 Å². The second-order valence-corrected chi connectivity index (χ2v) is 7.86. The molecule has 3 rings (SSSR count). The summed E-state index contributed by atoms with van der Waals surface area (Å²) in [7, 11) is 0. The van der Waals surface area contributed by atoms with E-state index < -0.39 is 11.4 Å². The van der Waals surface area contributed by atoms with Gasteiger partial charge < -0.3 is 19.7 Å². The minimum Gasteiger partial charge on any atom is -0.598 e. The zero-order valence-corrected chi connectivity index (χ0v) is 16.1. The Bertz CT molecular complexity index is 750. The van der Waals surface area contributed by atoms with E-state index in [1.54, 1.807) is 6.26 Å². The maximum Gasteiger partial charge on any atom is 0.211 e. The van der Waals surface area contributed by atoms with Gasteiger partial charge in [0, 0.05) is 36.1 Å². The van der Waals surface area contributed by atoms with Crippen LogP contribution in [-0.2, 0) is 16.2 Å². The van der Waals surface area contributed by atoms with Crippen molar-refractivity contribution >= 4 is 29.1 Å². The average Bonchev–Trinajstić information content (AvgIpc) is 2.96. The molecule has 1 amide bonds. The number of anilines is 2. The summed E-state index contributed by atoms with van der Waals surface area (Å²) >= 11 is -0.914. The van der Waals surface area contributed by atoms with E-state index in [1.807, 2.05) is 36.4 Å². The number of carbonyl (C=O) groups excluding carboxylic acids is 1. The fourth-order valence-corrected chi connectivity index (χ4v) is 4.11. The van der Waals surface area contributed by atoms with Gasteiger partial charge in [-0.05, 0) is 44.4 Å². The predicted molar refractivity (Wildman–Crippen MR) is 103 cm³/mol. The van der Waals surface area contributed by atoms with Gasteiger partial charge in [0.25, 0.3) is 0 Å². The summed E-state index contributed by atoms with van der Waals surface area (Å²) in [4.78, 5) is 11.1. The molecule has 0 aliphatic carbocycles. The summed E-state index contributed by atoms with van der Waals surface area (Å²) in [6, 6.07) is 6.18. The van der Waals surface area contributed by atoms with Gasteiger partial charge in [-0.25, -0.2) is 0 Å². The number of hydrogen-bond donors (Lipinski definition) is 2. The van der Waals surface area contributed by atoms with Crippen LogP contribution in [0.15, 0.2) is 22.7 Å². The third kappa shape index (κ3) is 4.03. The first-order valence-electron chi connectivity index (χ1n) is 8.62. The van der Waals surface area contributed by atoms with Gasteiger partial charge in [-0.2, -0.15) is 0 Å². The van der Waals surface area contributed by atoms with Gasteiger partial charge in [0.1, 0.15) is 12.0 Å². The second kappa shape index (κ2) is 8.11. The number of hydrogen-bond acceptors (Lipinski definition) is 6. The highest BCUT2D eigenvalue weighted by molar-refractivity contribution is 7.88. The fourth-order valence-electron chi connectivity index (χ4n) is 3.38. The highest BCUT2D eigenvalue weighted by Gasteiger charge is 2.25. The van der Waals surface area contributed by atoms with E-state index >= 15 is 0 Å². The topological polar surface area (TPSA) is 93.5 Å². The zero-order chi connectivity index (χ0) is 18.7. The number of aryl methyl sites for hydroxylation is 2. The number of amides is 1. The monoisotopic (exact) mass is 376 g/mol. The summed E-state index contributed by atoms with van der Waals surface area (Å²) in [5, 5.41) is 10.3. The van der Waals surface area contributed by atoms with Crippen LogP contribution in [0.3, 0.4) is 0 Å². The molecule has 1 unspecified atom stereocenters. The average molecular weight is 376 g/mol. The third-order valence-corrected chi connectivity index (χ3v) is 5.83. The molecule has 2 N–H and O–H groups in total. The number of aromatic nitrogens is 1. The lowest BCUT2D eigenvalue weighted by molar-refractivity contribution is -0.105. The van der Waals surface area contributed by atoms with Crippen molar-refractivity contribution in [2.24, 2.45) is 0 Å². The molecular weight excluding hydrogens is 352 g/mol. The van der Waals surface area contributed by atoms with Crippen LogP contribution in [0.1, 0.15) is 24.3 Å². The lowest BCUT2D eigenvalue weighted by Gasteiger charge is -2.31. The first kappa shape index (κ1) is 18.8. The third-order valence-electron chi connectivity index (χ3n) is 4.73. The first-order valence-corrected chi connectivity index (χ1v) is 10.1. The molecule has 1 fully saturated rings. The van der Waals surface area contributed by atoms with Crippen LogP contribution >= 0.6 is 0 Å². The molecule has 1 aliphatic heterocycles. The SMILES string of the molecule is Cc1noc(C)c1-c1ccc(NC2CCN([S+](C)[O-])CC2)c(NC=O)c1. The first-order chi connectivity index (χ1) is 12.5. The lowest BCUT2D eigenvalue weighted by atomic mass is 10.0. The smallest absolute Gasteiger partial charge is 0.211 e. The molecule has 0 bridgehead atoms. The highest BCUT2D eigenvalue weighted by Crippen LogP contribution is 2.33. The Morgan fingerprint density at radius 2 is 2.04 bits per heavy atom. The molecule has 8 heteroatoms. The van der Waals surface area contributed by atoms with Crippen molar-refractivity contribution in [1.82, 2.24) is 9.46 Å². The summed E-state index contributed by atoms with van der Waals surface area (Å²) in [6.07, 6.45) is 4.21. The highest BCUT2D eigenvalue weighted by atomic mass is 32.2. The van der Waals surface area contributed by atoms with Gasteiger partial charge in [0.05, 0.1) is 17.1 Å². The van der Waals surface area contributed by atoms with Crippen LogP contribution in [0.2, 0.25) is 0 Å². The maximum atomic E-state index is 11.6. The normalized spacial score (nSPS) is 17.1. The quantitative estimate of drug-likeness (QED) is 0.595. The summed E-state index contributed by atoms with van der Waals surface area (Å²) < 4.78 is 18.8. The van der Waals surface area contributed by atoms with Crippen molar-refractivity contribution in [2.75, 3.05) is 30.0 Å². The van der Waals surface area contributed by atoms with Gasteiger partial charge in [0.2, 0.25) is 6.41 Å². The number of piperidine rings is 1. The lowest BCUT2D eigenvalue weighted by Crippen LogP contribution is -2.41. The van der Waals surface area contributed by atoms with Crippen LogP contribution < -0.4 is 10.6 Å². The van der Waals surface area contributed by atoms with Crippen molar-refractivity contribution in [3.8, 4) is 11.1 Å². The molecule has 140 valence electrons. The van der Waals surface area contributed by atoms with E-state index in [0.717, 1.165) is 59.9 Å². The van der Waals surface area contributed by atoms with E-state index in [-0.39, 0.29) is 6.04 Å². The Morgan fingerprint density at radius 3 is 2.62 bits per heavy atom. The van der Waals surface area contributed by atoms with Crippen molar-refractivity contribution < 1.29 is 13.9 Å². The van der Waals surface area contributed by atoms with Crippen LogP contribution in [-0.4, -0.2) is 45.8 Å². The molecule has 2 aromatic rings. The number of carbonyl (C=O) groups is 1. The number of rotatable bonds is 6. The van der Waals surface area contributed by atoms with Gasteiger partial charge in [-0.1, -0.05) is 11.2 Å². The van der Waals surface area contributed by atoms with Gasteiger partial charge >= 0.3 is 0 Å². The largest absolute Gasteiger partial charge is 0.598 e. The van der Waals surface area contributed by atoms with E-state index in [1.165, 1.54) is 0 Å². The molecule has 1 atom stereocenters. The van der Waals surface area contributed by atoms with Crippen molar-refractivity contribution in [3.05, 3.63) is 29.7 Å². The van der Waals surface area contributed by atoms with E-state index in [0.29, 0.717) is 6.41 Å². The molecule has 1 saturated heterocycles. The van der Waals surface area contributed by atoms with Crippen molar-refractivity contribution in [1.29, 1.82) is 0 Å². The van der Waals surface area contributed by atoms with E-state index in [2.05, 4.69) is 15.8 Å². The summed E-state index contributed by atoms with van der Waals surface area (Å²) in [6.45, 7) is 5.37. The van der Waals surface area contributed by atoms with Crippen LogP contribution in [0.5, 0.6) is 0 Å². The summed E-state index contributed by atoms with van der Waals surface area (Å²) in [5.74, 6) is 0.750. The molecule has 0 spiro atoms. The molecule has 1 aliphatic rings. The standard InChI is InChI=1S/C18H24N4O3S/c1-12-18(13(2)25-21-12)14-4-5-16(17(10-14)19-11-23)20-15-6-8-22(9-7-15)26(3)24/h4-5,10-11,15,20H,6-9H2,1-3H3,(H,19,23). The number of nitrogens with one attached hydrogen (secondary N) is 2. The van der Waals surface area contributed by atoms with Gasteiger partial charge in [-0.15, -0.1) is 4.31 Å². The fraction of sp³-hybridized carbons (Fsp3) is 0.444. The molecular formula is C18H24N4O3S. The molecule has 1 aromatic carbocycles. The molecule has 2 heterocycles. The molecule has 0 radical (unpaired) electrons. The molecule has 7 nitrogen and oxygen atoms in total. The van der Waals surface area contributed by atoms with Crippen LogP contribution in [0.4, 0.5) is 11.4 Å². The van der Waals surface area contributed by atoms with Crippen LogP contribution in [0.25, 0.3) is 11.1 Å². The Morgan fingerprint density at radius 1 is 1.31 bits per heavy atom. The molecule has 26 heavy (non-hydrogen) atoms. The van der Waals surface area contributed by atoms with Crippen molar-refractivity contribution in [2.45, 2.75) is 32.7 Å². The van der Waals surface area contributed by atoms with E-state index in [4.69, 9.17) is 4.52 Å². The molecule has 0 saturated carbocycles. The summed E-state index contributed by atoms with van der Waals surface area (Å²) in [5.41, 5.74) is 4.32. The minimum atomic E-state index is -0.914. The van der Waals surface area contributed by atoms with E-state index in [9.17, 15) is 9.35 Å². The number of benzene rings is 1. The van der Waals surface area contributed by atoms with Crippen molar-refractivity contribution in [3.63, 3.8) is 0 Å². The van der Waals surface area contributed by atoms with Gasteiger partial charge in [-0.3, -0.25) is 4.79 Å². The Labute approximate surface area is 156 Å². The predicted octanol–water partition coefficient (Wildman–Crippen LogP) is 2.70. The maximum absolute atomic E-state index is 11.6. The Kier molecular flexibility index (Phi) is 5.85. The zero-order valence-electron chi connectivity index (χ0n) is 15.2. The van der Waals surface area contributed by atoms with Crippen LogP contribution in [0, 0.1) is 13.8 Å².